The van der Waals surface area contributed by atoms with Crippen LogP contribution >= 0.6 is 11.3 Å². The molecular formula is C11H19N3O5S2. The molecule has 0 bridgehead atoms. The van der Waals surface area contributed by atoms with Crippen LogP contribution in [0.25, 0.3) is 0 Å². The number of thiophene rings is 1. The van der Waals surface area contributed by atoms with Gasteiger partial charge in [-0.2, -0.15) is 0 Å². The molecule has 0 amide bonds. The Balaban J connectivity index is 2.88. The first-order valence-corrected chi connectivity index (χ1v) is 8.81. The van der Waals surface area contributed by atoms with Gasteiger partial charge < -0.3 is 10.1 Å². The van der Waals surface area contributed by atoms with Crippen LogP contribution in [0.4, 0.5) is 10.7 Å². The molecule has 0 aromatic carbocycles. The molecule has 1 heterocycles. The molecule has 0 radical (unpaired) electrons. The number of nitro groups is 1. The van der Waals surface area contributed by atoms with E-state index in [9.17, 15) is 18.5 Å². The summed E-state index contributed by atoms with van der Waals surface area (Å²) in [4.78, 5) is 10.4. The molecule has 0 saturated carbocycles. The summed E-state index contributed by atoms with van der Waals surface area (Å²) >= 11 is 0.854. The maximum atomic E-state index is 12.1. The van der Waals surface area contributed by atoms with Crippen molar-refractivity contribution in [2.75, 3.05) is 31.6 Å². The smallest absolute Gasteiger partial charge is 0.304 e. The van der Waals surface area contributed by atoms with Gasteiger partial charge in [0.2, 0.25) is 10.0 Å². The van der Waals surface area contributed by atoms with Gasteiger partial charge in [-0.1, -0.05) is 18.3 Å². The number of rotatable bonds is 10. The molecule has 0 aliphatic heterocycles. The third kappa shape index (κ3) is 5.23. The lowest BCUT2D eigenvalue weighted by atomic mass is 10.4. The molecule has 1 aromatic heterocycles. The average Bonchev–Trinajstić information content (AvgIpc) is 2.86. The zero-order valence-electron chi connectivity index (χ0n) is 11.9. The zero-order chi connectivity index (χ0) is 15.9. The van der Waals surface area contributed by atoms with Crippen LogP contribution in [0.1, 0.15) is 20.3 Å². The van der Waals surface area contributed by atoms with Crippen LogP contribution in [0.3, 0.4) is 0 Å². The molecule has 0 aliphatic carbocycles. The molecule has 0 unspecified atom stereocenters. The van der Waals surface area contributed by atoms with Crippen molar-refractivity contribution in [1.82, 2.24) is 4.72 Å². The van der Waals surface area contributed by atoms with Gasteiger partial charge in [0.25, 0.3) is 0 Å². The second-order valence-corrected chi connectivity index (χ2v) is 7.10. The summed E-state index contributed by atoms with van der Waals surface area (Å²) in [6, 6.07) is 1.08. The molecule has 0 spiro atoms. The van der Waals surface area contributed by atoms with Gasteiger partial charge in [0.1, 0.15) is 4.21 Å². The summed E-state index contributed by atoms with van der Waals surface area (Å²) in [5.74, 6) is 0. The summed E-state index contributed by atoms with van der Waals surface area (Å²) < 4.78 is 31.4. The number of sulfonamides is 1. The van der Waals surface area contributed by atoms with Gasteiger partial charge in [0, 0.05) is 25.8 Å². The van der Waals surface area contributed by atoms with E-state index in [-0.39, 0.29) is 28.0 Å². The minimum absolute atomic E-state index is 0.0794. The van der Waals surface area contributed by atoms with E-state index in [0.29, 0.717) is 13.2 Å². The van der Waals surface area contributed by atoms with Crippen molar-refractivity contribution in [3.05, 3.63) is 16.2 Å². The van der Waals surface area contributed by atoms with Gasteiger partial charge in [-0.05, 0) is 13.3 Å². The molecule has 0 aliphatic rings. The first kappa shape index (κ1) is 17.8. The van der Waals surface area contributed by atoms with E-state index >= 15 is 0 Å². The van der Waals surface area contributed by atoms with Crippen molar-refractivity contribution < 1.29 is 18.1 Å². The van der Waals surface area contributed by atoms with Gasteiger partial charge in [0.15, 0.2) is 5.00 Å². The van der Waals surface area contributed by atoms with E-state index in [2.05, 4.69) is 10.0 Å². The Kier molecular flexibility index (Phi) is 7.02. The predicted octanol–water partition coefficient (Wildman–Crippen LogP) is 1.79. The lowest BCUT2D eigenvalue weighted by molar-refractivity contribution is -0.383. The quantitative estimate of drug-likeness (QED) is 0.382. The van der Waals surface area contributed by atoms with E-state index in [4.69, 9.17) is 4.74 Å². The number of anilines is 1. The van der Waals surface area contributed by atoms with E-state index in [0.717, 1.165) is 23.8 Å². The monoisotopic (exact) mass is 337 g/mol. The summed E-state index contributed by atoms with van der Waals surface area (Å²) in [7, 11) is -3.76. The highest BCUT2D eigenvalue weighted by molar-refractivity contribution is 7.91. The number of nitrogens with zero attached hydrogens (tertiary/aromatic N) is 1. The molecule has 0 saturated heterocycles. The summed E-state index contributed by atoms with van der Waals surface area (Å²) in [5.41, 5.74) is -0.223. The first-order valence-electron chi connectivity index (χ1n) is 6.51. The van der Waals surface area contributed by atoms with E-state index < -0.39 is 14.9 Å². The molecular weight excluding hydrogens is 318 g/mol. The van der Waals surface area contributed by atoms with Crippen molar-refractivity contribution in [2.24, 2.45) is 0 Å². The molecule has 2 N–H and O–H groups in total. The highest BCUT2D eigenvalue weighted by Gasteiger charge is 2.25. The average molecular weight is 337 g/mol. The Morgan fingerprint density at radius 1 is 1.38 bits per heavy atom. The fourth-order valence-electron chi connectivity index (χ4n) is 1.46. The van der Waals surface area contributed by atoms with Crippen LogP contribution in [-0.4, -0.2) is 39.6 Å². The third-order valence-corrected chi connectivity index (χ3v) is 5.45. The molecule has 8 nitrogen and oxygen atoms in total. The van der Waals surface area contributed by atoms with Crippen molar-refractivity contribution in [1.29, 1.82) is 0 Å². The summed E-state index contributed by atoms with van der Waals surface area (Å²) in [6.45, 7) is 5.14. The second-order valence-electron chi connectivity index (χ2n) is 4.06. The molecule has 0 fully saturated rings. The van der Waals surface area contributed by atoms with Crippen LogP contribution in [0, 0.1) is 10.1 Å². The van der Waals surface area contributed by atoms with Gasteiger partial charge in [-0.15, -0.1) is 0 Å². The minimum atomic E-state index is -3.76. The number of hydrogen-bond acceptors (Lipinski definition) is 7. The minimum Gasteiger partial charge on any atom is -0.380 e. The Morgan fingerprint density at radius 3 is 2.67 bits per heavy atom. The lowest BCUT2D eigenvalue weighted by Crippen LogP contribution is -2.26. The van der Waals surface area contributed by atoms with Gasteiger partial charge in [-0.3, -0.25) is 10.1 Å². The SMILES string of the molecule is CCCNc1sc(S(=O)(=O)NCCOCC)cc1[N+](=O)[O-]. The standard InChI is InChI=1S/C11H19N3O5S2/c1-3-5-12-11-9(14(15)16)8-10(20-11)21(17,18)13-6-7-19-4-2/h8,12-13H,3-7H2,1-2H3. The summed E-state index contributed by atoms with van der Waals surface area (Å²) in [5, 5.41) is 14.1. The van der Waals surface area contributed by atoms with Gasteiger partial charge in [0.05, 0.1) is 11.5 Å². The number of ether oxygens (including phenoxy) is 1. The fourth-order valence-corrected chi connectivity index (χ4v) is 3.87. The van der Waals surface area contributed by atoms with E-state index in [1.165, 1.54) is 0 Å². The highest BCUT2D eigenvalue weighted by atomic mass is 32.2. The van der Waals surface area contributed by atoms with Crippen molar-refractivity contribution in [3.63, 3.8) is 0 Å². The van der Waals surface area contributed by atoms with Crippen molar-refractivity contribution in [2.45, 2.75) is 24.5 Å². The normalized spacial score (nSPS) is 11.5. The van der Waals surface area contributed by atoms with Gasteiger partial charge in [-0.25, -0.2) is 13.1 Å². The van der Waals surface area contributed by atoms with Crippen LogP contribution < -0.4 is 10.0 Å². The lowest BCUT2D eigenvalue weighted by Gasteiger charge is -2.04. The maximum absolute atomic E-state index is 12.1. The maximum Gasteiger partial charge on any atom is 0.304 e. The van der Waals surface area contributed by atoms with Crippen LogP contribution in [0.5, 0.6) is 0 Å². The molecule has 1 aromatic rings. The van der Waals surface area contributed by atoms with Crippen molar-refractivity contribution >= 4 is 32.0 Å². The zero-order valence-corrected chi connectivity index (χ0v) is 13.6. The van der Waals surface area contributed by atoms with Gasteiger partial charge >= 0.3 is 5.69 Å². The predicted molar refractivity (Wildman–Crippen MR) is 81.4 cm³/mol. The largest absolute Gasteiger partial charge is 0.380 e. The third-order valence-electron chi connectivity index (χ3n) is 2.43. The second kappa shape index (κ2) is 8.27. The Hall–Kier alpha value is -1.23. The Bertz CT molecular complexity index is 570. The fraction of sp³-hybridized carbons (Fsp3) is 0.636. The van der Waals surface area contributed by atoms with Crippen LogP contribution in [-0.2, 0) is 14.8 Å². The van der Waals surface area contributed by atoms with Crippen molar-refractivity contribution in [3.8, 4) is 0 Å². The van der Waals surface area contributed by atoms with E-state index in [1.54, 1.807) is 0 Å². The topological polar surface area (TPSA) is 111 Å². The van der Waals surface area contributed by atoms with Crippen LogP contribution in [0.2, 0.25) is 0 Å². The number of hydrogen-bond donors (Lipinski definition) is 2. The van der Waals surface area contributed by atoms with E-state index in [1.807, 2.05) is 13.8 Å². The Labute approximate surface area is 127 Å². The molecule has 10 heteroatoms. The molecule has 120 valence electrons. The molecule has 0 atom stereocenters. The highest BCUT2D eigenvalue weighted by Crippen LogP contribution is 2.36. The number of nitrogens with one attached hydrogen (secondary N) is 2. The Morgan fingerprint density at radius 2 is 2.10 bits per heavy atom. The van der Waals surface area contributed by atoms with Crippen LogP contribution in [0.15, 0.2) is 10.3 Å². The summed E-state index contributed by atoms with van der Waals surface area (Å²) in [6.07, 6.45) is 0.781. The first-order chi connectivity index (χ1) is 9.92. The molecule has 21 heavy (non-hydrogen) atoms. The molecule has 1 rings (SSSR count).